The van der Waals surface area contributed by atoms with Gasteiger partial charge in [-0.1, -0.05) is 6.92 Å². The lowest BCUT2D eigenvalue weighted by atomic mass is 9.84. The third-order valence-electron chi connectivity index (χ3n) is 4.19. The van der Waals surface area contributed by atoms with Gasteiger partial charge in [0.15, 0.2) is 12.7 Å². The highest BCUT2D eigenvalue weighted by Crippen LogP contribution is 2.31. The van der Waals surface area contributed by atoms with Gasteiger partial charge in [-0.05, 0) is 20.3 Å². The molecule has 2 atom stereocenters. The third-order valence-corrected chi connectivity index (χ3v) is 4.19. The van der Waals surface area contributed by atoms with Crippen LogP contribution in [0.1, 0.15) is 33.6 Å². The zero-order chi connectivity index (χ0) is 25.0. The van der Waals surface area contributed by atoms with Crippen LogP contribution in [-0.4, -0.2) is 36.8 Å². The van der Waals surface area contributed by atoms with E-state index in [1.54, 1.807) is 0 Å². The summed E-state index contributed by atoms with van der Waals surface area (Å²) in [5.74, 6) is -18.5. The minimum atomic E-state index is -4.80. The Balaban J connectivity index is 2.90. The molecule has 0 saturated carbocycles. The molecule has 0 N–H and O–H groups in total. The first-order valence-electron chi connectivity index (χ1n) is 8.70. The Kier molecular flexibility index (Phi) is 8.58. The summed E-state index contributed by atoms with van der Waals surface area (Å²) in [6.45, 7) is 1.39. The van der Waals surface area contributed by atoms with Gasteiger partial charge >= 0.3 is 24.1 Å². The number of hydrogen-bond donors (Lipinski definition) is 0. The maximum absolute atomic E-state index is 13.6. The van der Waals surface area contributed by atoms with E-state index in [2.05, 4.69) is 9.47 Å². The van der Waals surface area contributed by atoms with Gasteiger partial charge < -0.3 is 14.2 Å². The van der Waals surface area contributed by atoms with Crippen LogP contribution >= 0.6 is 0 Å². The normalized spacial score (nSPS) is 14.3. The molecule has 1 aromatic carbocycles. The largest absolute Gasteiger partial charge is 0.456 e. The summed E-state index contributed by atoms with van der Waals surface area (Å²) in [5, 5.41) is 0. The third kappa shape index (κ3) is 6.53. The van der Waals surface area contributed by atoms with E-state index >= 15 is 0 Å². The Morgan fingerprint density at radius 3 is 1.81 bits per heavy atom. The molecule has 0 spiro atoms. The Bertz CT molecular complexity index is 871. The standard InChI is InChI=1S/C18H16F8O6/c1-4-17(3,5-8(27)30-6-18(24,25)26)16(29)31-7(2)15(28)32-14-12(22)10(20)9(19)11(21)13(14)23/h7H,4-6H2,1-3H3. The summed E-state index contributed by atoms with van der Waals surface area (Å²) < 4.78 is 116. The van der Waals surface area contributed by atoms with Crippen molar-refractivity contribution in [1.29, 1.82) is 0 Å². The molecule has 0 saturated heterocycles. The molecule has 0 aliphatic rings. The second kappa shape index (κ2) is 10.1. The van der Waals surface area contributed by atoms with Gasteiger partial charge in [0.25, 0.3) is 0 Å². The van der Waals surface area contributed by atoms with Crippen molar-refractivity contribution in [2.75, 3.05) is 6.61 Å². The van der Waals surface area contributed by atoms with Crippen LogP contribution in [0.15, 0.2) is 0 Å². The zero-order valence-corrected chi connectivity index (χ0v) is 16.7. The molecular weight excluding hydrogens is 464 g/mol. The Morgan fingerprint density at radius 1 is 0.906 bits per heavy atom. The Morgan fingerprint density at radius 2 is 1.38 bits per heavy atom. The Labute approximate surface area is 175 Å². The topological polar surface area (TPSA) is 78.9 Å². The molecule has 180 valence electrons. The second-order valence-corrected chi connectivity index (χ2v) is 6.73. The first-order chi connectivity index (χ1) is 14.5. The van der Waals surface area contributed by atoms with Crippen LogP contribution in [0.2, 0.25) is 0 Å². The summed E-state index contributed by atoms with van der Waals surface area (Å²) in [6.07, 6.45) is -7.82. The van der Waals surface area contributed by atoms with Crippen LogP contribution in [0.5, 0.6) is 5.75 Å². The van der Waals surface area contributed by atoms with E-state index in [4.69, 9.17) is 4.74 Å². The second-order valence-electron chi connectivity index (χ2n) is 6.73. The molecule has 32 heavy (non-hydrogen) atoms. The van der Waals surface area contributed by atoms with Crippen LogP contribution in [0.4, 0.5) is 35.1 Å². The minimum Gasteiger partial charge on any atom is -0.456 e. The van der Waals surface area contributed by atoms with E-state index in [1.807, 2.05) is 0 Å². The maximum atomic E-state index is 13.6. The molecule has 0 amide bonds. The first kappa shape index (κ1) is 27.1. The molecule has 2 unspecified atom stereocenters. The van der Waals surface area contributed by atoms with Crippen molar-refractivity contribution in [3.05, 3.63) is 29.1 Å². The average molecular weight is 480 g/mol. The van der Waals surface area contributed by atoms with Crippen LogP contribution < -0.4 is 4.74 Å². The predicted molar refractivity (Wildman–Crippen MR) is 87.5 cm³/mol. The van der Waals surface area contributed by atoms with Gasteiger partial charge in [-0.3, -0.25) is 9.59 Å². The van der Waals surface area contributed by atoms with Crippen LogP contribution in [0, 0.1) is 34.5 Å². The average Bonchev–Trinajstić information content (AvgIpc) is 2.71. The maximum Gasteiger partial charge on any atom is 0.422 e. The molecule has 0 bridgehead atoms. The van der Waals surface area contributed by atoms with Gasteiger partial charge in [0.1, 0.15) is 0 Å². The van der Waals surface area contributed by atoms with Crippen LogP contribution in [0.3, 0.4) is 0 Å². The molecule has 0 aromatic heterocycles. The van der Waals surface area contributed by atoms with Crippen molar-refractivity contribution >= 4 is 17.9 Å². The van der Waals surface area contributed by atoms with Gasteiger partial charge in [-0.25, -0.2) is 18.0 Å². The van der Waals surface area contributed by atoms with Crippen LogP contribution in [0.25, 0.3) is 0 Å². The van der Waals surface area contributed by atoms with Gasteiger partial charge in [-0.2, -0.15) is 22.0 Å². The van der Waals surface area contributed by atoms with Gasteiger partial charge in [0.2, 0.25) is 34.8 Å². The fourth-order valence-corrected chi connectivity index (χ4v) is 2.08. The van der Waals surface area contributed by atoms with E-state index in [-0.39, 0.29) is 6.42 Å². The van der Waals surface area contributed by atoms with E-state index in [0.29, 0.717) is 0 Å². The van der Waals surface area contributed by atoms with Crippen LogP contribution in [-0.2, 0) is 23.9 Å². The number of hydrogen-bond acceptors (Lipinski definition) is 6. The van der Waals surface area contributed by atoms with Crippen molar-refractivity contribution in [1.82, 2.24) is 0 Å². The quantitative estimate of drug-likeness (QED) is 0.183. The molecule has 6 nitrogen and oxygen atoms in total. The summed E-state index contributed by atoms with van der Waals surface area (Å²) in [5.41, 5.74) is -1.78. The van der Waals surface area contributed by atoms with E-state index in [0.717, 1.165) is 13.8 Å². The van der Waals surface area contributed by atoms with Crippen molar-refractivity contribution in [2.24, 2.45) is 5.41 Å². The Hall–Kier alpha value is -2.93. The van der Waals surface area contributed by atoms with Crippen molar-refractivity contribution < 1.29 is 63.7 Å². The fraction of sp³-hybridized carbons (Fsp3) is 0.500. The molecule has 0 fully saturated rings. The molecule has 0 heterocycles. The number of carbonyl (C=O) groups excluding carboxylic acids is 3. The van der Waals surface area contributed by atoms with Gasteiger partial charge in [-0.15, -0.1) is 0 Å². The molecule has 0 aliphatic heterocycles. The van der Waals surface area contributed by atoms with E-state index < -0.39 is 83.5 Å². The fourth-order valence-electron chi connectivity index (χ4n) is 2.08. The molecular formula is C18H16F8O6. The molecule has 1 rings (SSSR count). The highest BCUT2D eigenvalue weighted by Gasteiger charge is 2.40. The number of alkyl halides is 3. The molecule has 0 radical (unpaired) electrons. The number of esters is 3. The highest BCUT2D eigenvalue weighted by molar-refractivity contribution is 5.86. The zero-order valence-electron chi connectivity index (χ0n) is 16.7. The van der Waals surface area contributed by atoms with E-state index in [1.165, 1.54) is 6.92 Å². The number of ether oxygens (including phenoxy) is 3. The van der Waals surface area contributed by atoms with Crippen molar-refractivity contribution in [2.45, 2.75) is 45.9 Å². The minimum absolute atomic E-state index is 0.174. The van der Waals surface area contributed by atoms with Gasteiger partial charge in [0.05, 0.1) is 11.8 Å². The monoisotopic (exact) mass is 480 g/mol. The number of benzene rings is 1. The van der Waals surface area contributed by atoms with Gasteiger partial charge in [0, 0.05) is 0 Å². The van der Waals surface area contributed by atoms with Crippen molar-refractivity contribution in [3.63, 3.8) is 0 Å². The summed E-state index contributed by atoms with van der Waals surface area (Å²) in [7, 11) is 0. The summed E-state index contributed by atoms with van der Waals surface area (Å²) in [4.78, 5) is 35.8. The molecule has 1 aromatic rings. The highest BCUT2D eigenvalue weighted by atomic mass is 19.4. The first-order valence-corrected chi connectivity index (χ1v) is 8.70. The van der Waals surface area contributed by atoms with Crippen molar-refractivity contribution in [3.8, 4) is 5.75 Å². The lowest BCUT2D eigenvalue weighted by Gasteiger charge is -2.26. The number of rotatable bonds is 8. The smallest absolute Gasteiger partial charge is 0.422 e. The summed E-state index contributed by atoms with van der Waals surface area (Å²) in [6, 6.07) is 0. The predicted octanol–water partition coefficient (Wildman–Crippen LogP) is 4.13. The molecule has 0 aliphatic carbocycles. The van der Waals surface area contributed by atoms with E-state index in [9.17, 15) is 49.5 Å². The summed E-state index contributed by atoms with van der Waals surface area (Å²) >= 11 is 0. The lowest BCUT2D eigenvalue weighted by Crippen LogP contribution is -2.38. The molecule has 14 heteroatoms. The SMILES string of the molecule is CCC(C)(CC(=O)OCC(F)(F)F)C(=O)OC(C)C(=O)Oc1c(F)c(F)c(F)c(F)c1F. The number of halogens is 8. The number of carbonyl (C=O) groups is 3. The lowest BCUT2D eigenvalue weighted by molar-refractivity contribution is -0.189.